The highest BCUT2D eigenvalue weighted by Crippen LogP contribution is 2.06. The average molecular weight is 184 g/mol. The molecule has 0 spiro atoms. The molecule has 0 unspecified atom stereocenters. The van der Waals surface area contributed by atoms with Gasteiger partial charge in [0.05, 0.1) is 0 Å². The normalized spacial score (nSPS) is 19.2. The molecule has 77 valence electrons. The number of piperidine rings is 1. The maximum absolute atomic E-state index is 6.98. The van der Waals surface area contributed by atoms with E-state index in [1.165, 1.54) is 38.9 Å². The average Bonchev–Trinajstić information content (AvgIpc) is 2.19. The van der Waals surface area contributed by atoms with E-state index in [1.54, 1.807) is 0 Å². The van der Waals surface area contributed by atoms with E-state index >= 15 is 0 Å². The first kappa shape index (κ1) is 11.0. The third-order valence-electron chi connectivity index (χ3n) is 2.58. The molecule has 0 aliphatic carbocycles. The second-order valence-electron chi connectivity index (χ2n) is 3.76. The van der Waals surface area contributed by atoms with E-state index in [9.17, 15) is 0 Å². The molecule has 1 heterocycles. The molecule has 3 heteroatoms. The topological polar surface area (TPSA) is 39.1 Å². The molecule has 0 saturated carbocycles. The van der Waals surface area contributed by atoms with Crippen LogP contribution >= 0.6 is 0 Å². The molecule has 0 bridgehead atoms. The molecule has 3 nitrogen and oxygen atoms in total. The van der Waals surface area contributed by atoms with Gasteiger partial charge in [-0.15, -0.1) is 0 Å². The van der Waals surface area contributed by atoms with Gasteiger partial charge < -0.3 is 10.2 Å². The van der Waals surface area contributed by atoms with Crippen LogP contribution in [0.5, 0.6) is 0 Å². The third kappa shape index (κ3) is 5.24. The minimum atomic E-state index is 0.552. The Bertz CT molecular complexity index is 111. The van der Waals surface area contributed by atoms with Gasteiger partial charge in [0, 0.05) is 19.6 Å². The predicted octanol–water partition coefficient (Wildman–Crippen LogP) is 0.735. The zero-order valence-corrected chi connectivity index (χ0v) is 8.52. The van der Waals surface area contributed by atoms with Crippen molar-refractivity contribution in [3.8, 4) is 0 Å². The van der Waals surface area contributed by atoms with Crippen LogP contribution < -0.4 is 11.1 Å². The van der Waals surface area contributed by atoms with Gasteiger partial charge in [-0.25, -0.2) is 0 Å². The van der Waals surface area contributed by atoms with Crippen LogP contribution in [0.25, 0.3) is 0 Å². The zero-order valence-electron chi connectivity index (χ0n) is 8.52. The molecule has 0 amide bonds. The van der Waals surface area contributed by atoms with Crippen LogP contribution in [0.3, 0.4) is 0 Å². The van der Waals surface area contributed by atoms with Crippen LogP contribution in [0.4, 0.5) is 0 Å². The lowest BCUT2D eigenvalue weighted by Crippen LogP contribution is -2.36. The predicted molar refractivity (Wildman–Crippen MR) is 55.7 cm³/mol. The van der Waals surface area contributed by atoms with Crippen LogP contribution in [0.15, 0.2) is 0 Å². The maximum atomic E-state index is 6.98. The van der Waals surface area contributed by atoms with Crippen LogP contribution in [0, 0.1) is 0 Å². The molecule has 1 aliphatic heterocycles. The molecular weight excluding hydrogens is 162 g/mol. The lowest BCUT2D eigenvalue weighted by molar-refractivity contribution is 0.229. The summed E-state index contributed by atoms with van der Waals surface area (Å²) in [5.41, 5.74) is 6.98. The Morgan fingerprint density at radius 3 is 2.54 bits per heavy atom. The van der Waals surface area contributed by atoms with Gasteiger partial charge in [0.25, 0.3) is 0 Å². The Kier molecular flexibility index (Phi) is 6.15. The van der Waals surface area contributed by atoms with Gasteiger partial charge in [-0.2, -0.15) is 0 Å². The minimum absolute atomic E-state index is 0.552. The summed E-state index contributed by atoms with van der Waals surface area (Å²) in [5, 5.41) is 3.37. The Morgan fingerprint density at radius 1 is 1.08 bits per heavy atom. The van der Waals surface area contributed by atoms with E-state index < -0.39 is 0 Å². The molecule has 1 aliphatic rings. The Hall–Kier alpha value is -0.120. The van der Waals surface area contributed by atoms with E-state index in [1.807, 2.05) is 0 Å². The molecule has 0 aromatic heterocycles. The van der Waals surface area contributed by atoms with Gasteiger partial charge in [-0.3, -0.25) is 5.73 Å². The second-order valence-corrected chi connectivity index (χ2v) is 3.76. The summed E-state index contributed by atoms with van der Waals surface area (Å²) in [7, 11) is 0. The van der Waals surface area contributed by atoms with Gasteiger partial charge in [0.15, 0.2) is 0 Å². The van der Waals surface area contributed by atoms with E-state index in [4.69, 9.17) is 5.73 Å². The molecule has 1 radical (unpaired) electrons. The van der Waals surface area contributed by atoms with Gasteiger partial charge in [0.1, 0.15) is 0 Å². The van der Waals surface area contributed by atoms with Crippen molar-refractivity contribution in [3.63, 3.8) is 0 Å². The largest absolute Gasteiger partial charge is 0.315 e. The molecule has 1 rings (SSSR count). The molecule has 1 fully saturated rings. The zero-order chi connectivity index (χ0) is 9.36. The van der Waals surface area contributed by atoms with Crippen molar-refractivity contribution in [2.24, 2.45) is 0 Å². The van der Waals surface area contributed by atoms with Crippen molar-refractivity contribution in [2.45, 2.75) is 25.7 Å². The molecule has 2 N–H and O–H groups in total. The first-order valence-corrected chi connectivity index (χ1v) is 5.51. The van der Waals surface area contributed by atoms with Crippen molar-refractivity contribution in [2.75, 3.05) is 39.3 Å². The van der Waals surface area contributed by atoms with E-state index in [0.29, 0.717) is 6.54 Å². The van der Waals surface area contributed by atoms with Gasteiger partial charge in [0.2, 0.25) is 0 Å². The summed E-state index contributed by atoms with van der Waals surface area (Å²) in [6, 6.07) is 0. The number of likely N-dealkylation sites (tertiary alicyclic amines) is 1. The fourth-order valence-electron chi connectivity index (χ4n) is 1.76. The minimum Gasteiger partial charge on any atom is -0.315 e. The fourth-order valence-corrected chi connectivity index (χ4v) is 1.76. The monoisotopic (exact) mass is 184 g/mol. The molecule has 13 heavy (non-hydrogen) atoms. The van der Waals surface area contributed by atoms with Crippen molar-refractivity contribution >= 4 is 0 Å². The van der Waals surface area contributed by atoms with Gasteiger partial charge in [-0.1, -0.05) is 6.42 Å². The van der Waals surface area contributed by atoms with E-state index in [0.717, 1.165) is 19.5 Å². The van der Waals surface area contributed by atoms with E-state index in [-0.39, 0.29) is 0 Å². The lowest BCUT2D eigenvalue weighted by Gasteiger charge is -2.26. The highest BCUT2D eigenvalue weighted by molar-refractivity contribution is 4.65. The number of nitrogens with one attached hydrogen (secondary N) is 2. The van der Waals surface area contributed by atoms with E-state index in [2.05, 4.69) is 10.2 Å². The third-order valence-corrected chi connectivity index (χ3v) is 2.58. The first-order valence-electron chi connectivity index (χ1n) is 5.51. The highest BCUT2D eigenvalue weighted by atomic mass is 15.1. The summed E-state index contributed by atoms with van der Waals surface area (Å²) in [6.07, 6.45) is 5.17. The van der Waals surface area contributed by atoms with Gasteiger partial charge in [-0.05, 0) is 38.9 Å². The second kappa shape index (κ2) is 7.30. The lowest BCUT2D eigenvalue weighted by atomic mass is 10.1. The SMILES string of the molecule is [NH]CCCNCCN1CCCCC1. The molecular formula is C10H22N3. The summed E-state index contributed by atoms with van der Waals surface area (Å²) < 4.78 is 0. The summed E-state index contributed by atoms with van der Waals surface area (Å²) in [4.78, 5) is 2.54. The van der Waals surface area contributed by atoms with Crippen molar-refractivity contribution in [1.82, 2.24) is 16.0 Å². The van der Waals surface area contributed by atoms with Crippen molar-refractivity contribution < 1.29 is 0 Å². The number of hydrogen-bond acceptors (Lipinski definition) is 2. The molecule has 0 atom stereocenters. The standard InChI is InChI=1S/C10H22N3/c11-5-4-6-12-7-10-13-8-2-1-3-9-13/h11-12H,1-10H2. The quantitative estimate of drug-likeness (QED) is 0.618. The Morgan fingerprint density at radius 2 is 1.85 bits per heavy atom. The fraction of sp³-hybridized carbons (Fsp3) is 1.00. The molecule has 0 aromatic carbocycles. The summed E-state index contributed by atoms with van der Waals surface area (Å²) in [5.74, 6) is 0. The molecule has 0 aromatic rings. The van der Waals surface area contributed by atoms with Crippen LogP contribution in [-0.2, 0) is 0 Å². The van der Waals surface area contributed by atoms with Crippen LogP contribution in [0.1, 0.15) is 25.7 Å². The molecule has 1 saturated heterocycles. The smallest absolute Gasteiger partial charge is 0.0112 e. The van der Waals surface area contributed by atoms with Crippen LogP contribution in [-0.4, -0.2) is 44.2 Å². The highest BCUT2D eigenvalue weighted by Gasteiger charge is 2.08. The first-order chi connectivity index (χ1) is 6.43. The number of rotatable bonds is 6. The van der Waals surface area contributed by atoms with Crippen LogP contribution in [0.2, 0.25) is 0 Å². The number of hydrogen-bond donors (Lipinski definition) is 1. The Balaban J connectivity index is 1.86. The summed E-state index contributed by atoms with van der Waals surface area (Å²) in [6.45, 7) is 6.44. The summed E-state index contributed by atoms with van der Waals surface area (Å²) >= 11 is 0. The number of nitrogens with zero attached hydrogens (tertiary/aromatic N) is 1. The van der Waals surface area contributed by atoms with Crippen molar-refractivity contribution in [1.29, 1.82) is 0 Å². The van der Waals surface area contributed by atoms with Gasteiger partial charge >= 0.3 is 0 Å². The maximum Gasteiger partial charge on any atom is 0.0112 e. The Labute approximate surface area is 81.7 Å². The van der Waals surface area contributed by atoms with Crippen molar-refractivity contribution in [3.05, 3.63) is 0 Å².